The average Bonchev–Trinajstić information content (AvgIpc) is 2.90. The quantitative estimate of drug-likeness (QED) is 0.256. The number of hydrogen-bond donors (Lipinski definition) is 4. The lowest BCUT2D eigenvalue weighted by Crippen LogP contribution is -2.34. The smallest absolute Gasteiger partial charge is 0.335 e. The molecule has 0 heterocycles. The van der Waals surface area contributed by atoms with Crippen LogP contribution >= 0.6 is 0 Å². The minimum absolute atomic E-state index is 0.0431. The van der Waals surface area contributed by atoms with Gasteiger partial charge in [0.25, 0.3) is 0 Å². The van der Waals surface area contributed by atoms with Gasteiger partial charge in [-0.2, -0.15) is 0 Å². The number of aromatic carboxylic acids is 1. The number of carboxylic acids is 1. The highest BCUT2D eigenvalue weighted by Gasteiger charge is 2.18. The molecule has 1 atom stereocenters. The van der Waals surface area contributed by atoms with Gasteiger partial charge in [-0.25, -0.2) is 9.59 Å². The average molecular weight is 522 g/mol. The zero-order valence-corrected chi connectivity index (χ0v) is 21.7. The summed E-state index contributed by atoms with van der Waals surface area (Å²) in [6.45, 7) is 1.90. The van der Waals surface area contributed by atoms with Crippen LogP contribution in [0.2, 0.25) is 0 Å². The number of hydrogen-bond acceptors (Lipinski definition) is 7. The number of methoxy groups -OCH3 is 2. The highest BCUT2D eigenvalue weighted by molar-refractivity contribution is 6.01. The van der Waals surface area contributed by atoms with Gasteiger partial charge in [0.2, 0.25) is 0 Å². The van der Waals surface area contributed by atoms with E-state index in [1.54, 1.807) is 25.2 Å². The molecule has 200 valence electrons. The highest BCUT2D eigenvalue weighted by Crippen LogP contribution is 2.30. The molecule has 3 aromatic carbocycles. The van der Waals surface area contributed by atoms with Crippen LogP contribution in [-0.4, -0.2) is 50.4 Å². The summed E-state index contributed by atoms with van der Waals surface area (Å²) in [6, 6.07) is 16.4. The van der Waals surface area contributed by atoms with E-state index < -0.39 is 18.2 Å². The molecule has 10 nitrogen and oxygen atoms in total. The number of Topliss-reactive ketones (excluding diaryl/α,β-unsaturated/α-hetero) is 1. The van der Waals surface area contributed by atoms with Crippen LogP contribution in [0, 0.1) is 6.92 Å². The SMILES string of the molecule is CNC(CC(=O)Cc1ccc(NC(=O)Nc2ccccc2C)c(OC)c1)Oc1ccc(C(=O)O)cc1OC. The van der Waals surface area contributed by atoms with E-state index in [1.165, 1.54) is 32.4 Å². The molecule has 0 saturated carbocycles. The minimum atomic E-state index is -1.08. The van der Waals surface area contributed by atoms with Gasteiger partial charge in [0, 0.05) is 12.1 Å². The number of rotatable bonds is 12. The molecule has 0 saturated heterocycles. The Bertz CT molecular complexity index is 1310. The standard InChI is InChI=1S/C28H31N3O7/c1-17-7-5-6-8-21(17)30-28(35)31-22-11-9-18(14-24(22)36-3)13-20(32)16-26(29-2)38-23-12-10-19(27(33)34)15-25(23)37-4/h5-12,14-15,26,29H,13,16H2,1-4H3,(H,33,34)(H2,30,31,35). The number of anilines is 2. The fraction of sp³-hybridized carbons (Fsp3) is 0.250. The molecule has 2 amide bonds. The third-order valence-electron chi connectivity index (χ3n) is 5.72. The van der Waals surface area contributed by atoms with E-state index in [9.17, 15) is 14.4 Å². The van der Waals surface area contributed by atoms with E-state index in [2.05, 4.69) is 16.0 Å². The summed E-state index contributed by atoms with van der Waals surface area (Å²) in [4.78, 5) is 36.5. The van der Waals surface area contributed by atoms with Crippen molar-refractivity contribution in [3.63, 3.8) is 0 Å². The second-order valence-electron chi connectivity index (χ2n) is 8.41. The van der Waals surface area contributed by atoms with Crippen molar-refractivity contribution >= 4 is 29.2 Å². The molecule has 3 aromatic rings. The number of amides is 2. The zero-order valence-electron chi connectivity index (χ0n) is 21.7. The normalized spacial score (nSPS) is 11.3. The monoisotopic (exact) mass is 521 g/mol. The molecular weight excluding hydrogens is 490 g/mol. The van der Waals surface area contributed by atoms with Gasteiger partial charge >= 0.3 is 12.0 Å². The topological polar surface area (TPSA) is 135 Å². The van der Waals surface area contributed by atoms with Gasteiger partial charge in [0.1, 0.15) is 11.5 Å². The van der Waals surface area contributed by atoms with Crippen molar-refractivity contribution < 1.29 is 33.7 Å². The summed E-state index contributed by atoms with van der Waals surface area (Å²) in [7, 11) is 4.55. The van der Waals surface area contributed by atoms with E-state index >= 15 is 0 Å². The third-order valence-corrected chi connectivity index (χ3v) is 5.72. The Labute approximate surface area is 220 Å². The number of nitrogens with one attached hydrogen (secondary N) is 3. The fourth-order valence-electron chi connectivity index (χ4n) is 3.70. The lowest BCUT2D eigenvalue weighted by atomic mass is 10.1. The van der Waals surface area contributed by atoms with Crippen LogP contribution in [0.3, 0.4) is 0 Å². The third kappa shape index (κ3) is 7.47. The van der Waals surface area contributed by atoms with Gasteiger partial charge in [0.05, 0.1) is 31.9 Å². The number of ether oxygens (including phenoxy) is 3. The molecule has 0 aliphatic rings. The van der Waals surface area contributed by atoms with Crippen molar-refractivity contribution in [3.8, 4) is 17.2 Å². The van der Waals surface area contributed by atoms with Gasteiger partial charge in [-0.15, -0.1) is 0 Å². The van der Waals surface area contributed by atoms with Crippen LogP contribution in [0.25, 0.3) is 0 Å². The number of benzene rings is 3. The number of urea groups is 1. The molecule has 1 unspecified atom stereocenters. The number of carbonyl (C=O) groups excluding carboxylic acids is 2. The molecule has 0 aliphatic heterocycles. The lowest BCUT2D eigenvalue weighted by molar-refractivity contribution is -0.120. The van der Waals surface area contributed by atoms with Crippen LogP contribution in [-0.2, 0) is 11.2 Å². The first-order chi connectivity index (χ1) is 18.2. The molecular formula is C28H31N3O7. The molecule has 38 heavy (non-hydrogen) atoms. The summed E-state index contributed by atoms with van der Waals surface area (Å²) in [6.07, 6.45) is -0.510. The van der Waals surface area contributed by atoms with Crippen molar-refractivity contribution in [1.82, 2.24) is 5.32 Å². The summed E-state index contributed by atoms with van der Waals surface area (Å²) in [5.41, 5.74) is 2.86. The van der Waals surface area contributed by atoms with Crippen LogP contribution < -0.4 is 30.2 Å². The molecule has 0 radical (unpaired) electrons. The molecule has 10 heteroatoms. The maximum atomic E-state index is 12.8. The Morgan fingerprint density at radius 1 is 0.868 bits per heavy atom. The molecule has 0 aliphatic carbocycles. The predicted octanol–water partition coefficient (Wildman–Crippen LogP) is 4.48. The lowest BCUT2D eigenvalue weighted by Gasteiger charge is -2.20. The zero-order chi connectivity index (χ0) is 27.7. The minimum Gasteiger partial charge on any atom is -0.495 e. The number of carboxylic acid groups (broad SMARTS) is 1. The summed E-state index contributed by atoms with van der Waals surface area (Å²) >= 11 is 0. The fourth-order valence-corrected chi connectivity index (χ4v) is 3.70. The first-order valence-electron chi connectivity index (χ1n) is 11.8. The Kier molecular flexibility index (Phi) is 9.66. The van der Waals surface area contributed by atoms with Crippen LogP contribution in [0.15, 0.2) is 60.7 Å². The first-order valence-corrected chi connectivity index (χ1v) is 11.8. The van der Waals surface area contributed by atoms with E-state index in [-0.39, 0.29) is 29.9 Å². The molecule has 0 fully saturated rings. The van der Waals surface area contributed by atoms with Gasteiger partial charge in [-0.3, -0.25) is 10.1 Å². The Morgan fingerprint density at radius 3 is 2.24 bits per heavy atom. The van der Waals surface area contributed by atoms with Crippen molar-refractivity contribution in [2.24, 2.45) is 0 Å². The second kappa shape index (κ2) is 13.1. The van der Waals surface area contributed by atoms with Gasteiger partial charge in [-0.1, -0.05) is 24.3 Å². The number of carbonyl (C=O) groups is 3. The van der Waals surface area contributed by atoms with Crippen LogP contribution in [0.1, 0.15) is 27.9 Å². The molecule has 4 N–H and O–H groups in total. The van der Waals surface area contributed by atoms with E-state index in [0.29, 0.717) is 28.4 Å². The summed E-state index contributed by atoms with van der Waals surface area (Å²) in [5.74, 6) is -0.216. The second-order valence-corrected chi connectivity index (χ2v) is 8.41. The molecule has 3 rings (SSSR count). The van der Waals surface area contributed by atoms with Crippen molar-refractivity contribution in [1.29, 1.82) is 0 Å². The largest absolute Gasteiger partial charge is 0.495 e. The molecule has 0 aromatic heterocycles. The maximum absolute atomic E-state index is 12.8. The number of ketones is 1. The Balaban J connectivity index is 1.62. The van der Waals surface area contributed by atoms with Crippen LogP contribution in [0.5, 0.6) is 17.2 Å². The van der Waals surface area contributed by atoms with Crippen molar-refractivity contribution in [2.75, 3.05) is 31.9 Å². The number of aryl methyl sites for hydroxylation is 1. The van der Waals surface area contributed by atoms with Gasteiger partial charge in [0.15, 0.2) is 17.7 Å². The Hall–Kier alpha value is -4.57. The van der Waals surface area contributed by atoms with E-state index in [4.69, 9.17) is 19.3 Å². The summed E-state index contributed by atoms with van der Waals surface area (Å²) < 4.78 is 16.5. The van der Waals surface area contributed by atoms with Gasteiger partial charge in [-0.05, 0) is 61.5 Å². The Morgan fingerprint density at radius 2 is 1.58 bits per heavy atom. The first kappa shape index (κ1) is 28.0. The maximum Gasteiger partial charge on any atom is 0.335 e. The van der Waals surface area contributed by atoms with E-state index in [0.717, 1.165) is 5.56 Å². The van der Waals surface area contributed by atoms with Crippen molar-refractivity contribution in [2.45, 2.75) is 26.0 Å². The number of para-hydroxylation sites is 1. The summed E-state index contributed by atoms with van der Waals surface area (Å²) in [5, 5.41) is 17.7. The van der Waals surface area contributed by atoms with E-state index in [1.807, 2.05) is 31.2 Å². The molecule has 0 bridgehead atoms. The van der Waals surface area contributed by atoms with Crippen molar-refractivity contribution in [3.05, 3.63) is 77.4 Å². The highest BCUT2D eigenvalue weighted by atomic mass is 16.5. The predicted molar refractivity (Wildman–Crippen MR) is 144 cm³/mol. The van der Waals surface area contributed by atoms with Crippen LogP contribution in [0.4, 0.5) is 16.2 Å². The van der Waals surface area contributed by atoms with Gasteiger partial charge < -0.3 is 30.0 Å². The molecule has 0 spiro atoms.